The Hall–Kier alpha value is -3.29. The van der Waals surface area contributed by atoms with Crippen LogP contribution in [0, 0.1) is 5.82 Å². The predicted molar refractivity (Wildman–Crippen MR) is 117 cm³/mol. The number of carbonyl (C=O) groups is 1. The molecule has 0 aliphatic carbocycles. The molecule has 0 saturated heterocycles. The van der Waals surface area contributed by atoms with Gasteiger partial charge in [-0.15, -0.1) is 0 Å². The Labute approximate surface area is 176 Å². The smallest absolute Gasteiger partial charge is 0.243 e. The summed E-state index contributed by atoms with van der Waals surface area (Å²) in [4.78, 5) is 16.1. The zero-order valence-corrected chi connectivity index (χ0v) is 17.6. The lowest BCUT2D eigenvalue weighted by Crippen LogP contribution is -2.41. The van der Waals surface area contributed by atoms with Gasteiger partial charge in [0.1, 0.15) is 5.82 Å². The van der Waals surface area contributed by atoms with Gasteiger partial charge in [-0.1, -0.05) is 6.07 Å². The van der Waals surface area contributed by atoms with Gasteiger partial charge in [-0.05, 0) is 61.7 Å². The van der Waals surface area contributed by atoms with Crippen molar-refractivity contribution in [2.75, 3.05) is 39.2 Å². The van der Waals surface area contributed by atoms with E-state index >= 15 is 0 Å². The van der Waals surface area contributed by atoms with Crippen LogP contribution < -0.4 is 25.4 Å². The van der Waals surface area contributed by atoms with Gasteiger partial charge in [0, 0.05) is 19.3 Å². The monoisotopic (exact) mass is 416 g/mol. The van der Waals surface area contributed by atoms with E-state index < -0.39 is 0 Å². The molecule has 2 rings (SSSR count). The fraction of sp³-hybridized carbons (Fsp3) is 0.364. The maximum absolute atomic E-state index is 12.9. The van der Waals surface area contributed by atoms with Gasteiger partial charge in [0.15, 0.2) is 17.5 Å². The number of nitrogens with zero attached hydrogens (tertiary/aromatic N) is 1. The molecule has 2 aromatic rings. The number of ether oxygens (including phenoxy) is 2. The summed E-state index contributed by atoms with van der Waals surface area (Å²) >= 11 is 0. The quantitative estimate of drug-likeness (QED) is 0.315. The molecular formula is C22H29FN4O3. The van der Waals surface area contributed by atoms with Crippen molar-refractivity contribution in [3.8, 4) is 11.5 Å². The first-order valence-electron chi connectivity index (χ1n) is 9.85. The predicted octanol–water partition coefficient (Wildman–Crippen LogP) is 2.97. The van der Waals surface area contributed by atoms with E-state index in [-0.39, 0.29) is 18.3 Å². The van der Waals surface area contributed by atoms with Crippen molar-refractivity contribution in [1.82, 2.24) is 10.6 Å². The number of aryl methyl sites for hydroxylation is 1. The number of benzene rings is 2. The summed E-state index contributed by atoms with van der Waals surface area (Å²) in [6.45, 7) is 3.26. The largest absolute Gasteiger partial charge is 0.493 e. The first kappa shape index (κ1) is 23.0. The van der Waals surface area contributed by atoms with Crippen LogP contribution in [0.15, 0.2) is 47.5 Å². The molecule has 30 heavy (non-hydrogen) atoms. The number of guanidine groups is 1. The zero-order valence-electron chi connectivity index (χ0n) is 17.6. The van der Waals surface area contributed by atoms with E-state index in [9.17, 15) is 9.18 Å². The molecule has 0 saturated carbocycles. The Balaban J connectivity index is 1.72. The van der Waals surface area contributed by atoms with Gasteiger partial charge in [0.05, 0.1) is 20.3 Å². The fourth-order valence-corrected chi connectivity index (χ4v) is 2.77. The number of methoxy groups -OCH3 is 1. The minimum Gasteiger partial charge on any atom is -0.493 e. The normalized spacial score (nSPS) is 11.0. The fourth-order valence-electron chi connectivity index (χ4n) is 2.77. The molecule has 7 nitrogen and oxygen atoms in total. The number of halogens is 1. The van der Waals surface area contributed by atoms with Crippen molar-refractivity contribution < 1.29 is 18.7 Å². The Morgan fingerprint density at radius 3 is 2.53 bits per heavy atom. The molecule has 0 spiro atoms. The van der Waals surface area contributed by atoms with Gasteiger partial charge in [-0.25, -0.2) is 4.39 Å². The minimum absolute atomic E-state index is 0.0489. The second-order valence-corrected chi connectivity index (χ2v) is 6.43. The van der Waals surface area contributed by atoms with Crippen molar-refractivity contribution in [3.63, 3.8) is 0 Å². The Kier molecular flexibility index (Phi) is 9.44. The highest BCUT2D eigenvalue weighted by molar-refractivity contribution is 5.94. The van der Waals surface area contributed by atoms with Crippen LogP contribution >= 0.6 is 0 Å². The lowest BCUT2D eigenvalue weighted by Gasteiger charge is -2.13. The second-order valence-electron chi connectivity index (χ2n) is 6.43. The molecule has 0 unspecified atom stereocenters. The highest BCUT2D eigenvalue weighted by Crippen LogP contribution is 2.28. The van der Waals surface area contributed by atoms with Crippen molar-refractivity contribution in [3.05, 3.63) is 53.8 Å². The minimum atomic E-state index is -0.348. The van der Waals surface area contributed by atoms with Crippen LogP contribution in [-0.2, 0) is 11.2 Å². The van der Waals surface area contributed by atoms with Gasteiger partial charge in [0.2, 0.25) is 5.91 Å². The summed E-state index contributed by atoms with van der Waals surface area (Å²) < 4.78 is 23.8. The highest BCUT2D eigenvalue weighted by Gasteiger charge is 2.07. The molecule has 0 aliphatic heterocycles. The van der Waals surface area contributed by atoms with Crippen LogP contribution in [0.1, 0.15) is 18.9 Å². The number of hydrogen-bond donors (Lipinski definition) is 3. The number of amides is 1. The number of aliphatic imine (C=N–C) groups is 1. The molecule has 0 radical (unpaired) electrons. The van der Waals surface area contributed by atoms with Gasteiger partial charge in [0.25, 0.3) is 0 Å². The number of hydrogen-bond acceptors (Lipinski definition) is 4. The molecule has 162 valence electrons. The number of anilines is 1. The van der Waals surface area contributed by atoms with E-state index in [0.29, 0.717) is 24.8 Å². The van der Waals surface area contributed by atoms with Crippen LogP contribution in [0.5, 0.6) is 11.5 Å². The molecule has 0 heterocycles. The molecular weight excluding hydrogens is 387 g/mol. The number of rotatable bonds is 10. The standard InChI is InChI=1S/C22H29FN4O3/c1-4-30-20-14-16(7-12-19(20)29-3)6-5-13-25-22(24-2)26-15-21(28)27-18-10-8-17(23)9-11-18/h7-12,14H,4-6,13,15H2,1-3H3,(H,27,28)(H2,24,25,26). The van der Waals surface area contributed by atoms with Crippen molar-refractivity contribution in [2.45, 2.75) is 19.8 Å². The summed E-state index contributed by atoms with van der Waals surface area (Å²) in [5, 5.41) is 8.83. The molecule has 0 atom stereocenters. The molecule has 3 N–H and O–H groups in total. The number of carbonyl (C=O) groups excluding carboxylic acids is 1. The van der Waals surface area contributed by atoms with Gasteiger partial charge < -0.3 is 25.4 Å². The van der Waals surface area contributed by atoms with Gasteiger partial charge >= 0.3 is 0 Å². The van der Waals surface area contributed by atoms with E-state index in [4.69, 9.17) is 9.47 Å². The maximum Gasteiger partial charge on any atom is 0.243 e. The SMILES string of the molecule is CCOc1cc(CCCNC(=NC)NCC(=O)Nc2ccc(F)cc2)ccc1OC. The molecule has 0 bridgehead atoms. The van der Waals surface area contributed by atoms with Crippen LogP contribution in [0.2, 0.25) is 0 Å². The molecule has 0 aromatic heterocycles. The Morgan fingerprint density at radius 2 is 1.87 bits per heavy atom. The van der Waals surface area contributed by atoms with Crippen LogP contribution in [0.3, 0.4) is 0 Å². The Morgan fingerprint density at radius 1 is 1.10 bits per heavy atom. The van der Waals surface area contributed by atoms with Gasteiger partial charge in [-0.3, -0.25) is 9.79 Å². The van der Waals surface area contributed by atoms with E-state index in [1.54, 1.807) is 14.2 Å². The maximum atomic E-state index is 12.9. The summed E-state index contributed by atoms with van der Waals surface area (Å²) in [7, 11) is 3.27. The molecule has 2 aromatic carbocycles. The molecule has 0 fully saturated rings. The van der Waals surface area contributed by atoms with Crippen molar-refractivity contribution in [2.24, 2.45) is 4.99 Å². The second kappa shape index (κ2) is 12.3. The van der Waals surface area contributed by atoms with Crippen LogP contribution in [0.25, 0.3) is 0 Å². The Bertz CT molecular complexity index is 841. The molecule has 1 amide bonds. The van der Waals surface area contributed by atoms with E-state index in [1.807, 2.05) is 25.1 Å². The average Bonchev–Trinajstić information content (AvgIpc) is 2.75. The van der Waals surface area contributed by atoms with E-state index in [1.165, 1.54) is 24.3 Å². The van der Waals surface area contributed by atoms with Crippen molar-refractivity contribution >= 4 is 17.6 Å². The summed E-state index contributed by atoms with van der Waals surface area (Å²) in [5.41, 5.74) is 1.69. The highest BCUT2D eigenvalue weighted by atomic mass is 19.1. The lowest BCUT2D eigenvalue weighted by molar-refractivity contribution is -0.115. The third-order valence-electron chi connectivity index (χ3n) is 4.23. The van der Waals surface area contributed by atoms with E-state index in [2.05, 4.69) is 20.9 Å². The van der Waals surface area contributed by atoms with Crippen molar-refractivity contribution in [1.29, 1.82) is 0 Å². The first-order valence-corrected chi connectivity index (χ1v) is 9.85. The van der Waals surface area contributed by atoms with Crippen LogP contribution in [0.4, 0.5) is 10.1 Å². The topological polar surface area (TPSA) is 84.0 Å². The number of nitrogens with one attached hydrogen (secondary N) is 3. The van der Waals surface area contributed by atoms with Crippen LogP contribution in [-0.4, -0.2) is 45.7 Å². The zero-order chi connectivity index (χ0) is 21.8. The third kappa shape index (κ3) is 7.62. The summed E-state index contributed by atoms with van der Waals surface area (Å²) in [6, 6.07) is 11.5. The average molecular weight is 416 g/mol. The lowest BCUT2D eigenvalue weighted by atomic mass is 10.1. The summed E-state index contributed by atoms with van der Waals surface area (Å²) in [6.07, 6.45) is 1.74. The molecule has 0 aliphatic rings. The molecule has 8 heteroatoms. The van der Waals surface area contributed by atoms with Gasteiger partial charge in [-0.2, -0.15) is 0 Å². The summed E-state index contributed by atoms with van der Waals surface area (Å²) in [5.74, 6) is 1.41. The first-order chi connectivity index (χ1) is 14.5. The third-order valence-corrected chi connectivity index (χ3v) is 4.23. The van der Waals surface area contributed by atoms with E-state index in [0.717, 1.165) is 29.9 Å².